The third-order valence-electron chi connectivity index (χ3n) is 2.82. The van der Waals surface area contributed by atoms with Crippen molar-refractivity contribution in [2.24, 2.45) is 0 Å². The largest absolute Gasteiger partial charge is 0.385 e. The van der Waals surface area contributed by atoms with Crippen LogP contribution in [-0.2, 0) is 15.5 Å². The highest BCUT2D eigenvalue weighted by Crippen LogP contribution is 2.03. The van der Waals surface area contributed by atoms with E-state index in [2.05, 4.69) is 19.2 Å². The molecule has 0 radical (unpaired) electrons. The van der Waals surface area contributed by atoms with Gasteiger partial charge in [-0.3, -0.25) is 4.21 Å². The molecular formula is C13H29NO2S. The van der Waals surface area contributed by atoms with Crippen molar-refractivity contribution >= 4 is 10.8 Å². The van der Waals surface area contributed by atoms with E-state index < -0.39 is 10.8 Å². The van der Waals surface area contributed by atoms with E-state index in [-0.39, 0.29) is 0 Å². The van der Waals surface area contributed by atoms with Gasteiger partial charge in [0.05, 0.1) is 0 Å². The van der Waals surface area contributed by atoms with Gasteiger partial charge in [0.15, 0.2) is 0 Å². The highest BCUT2D eigenvalue weighted by atomic mass is 32.2. The molecule has 0 bridgehead atoms. The lowest BCUT2D eigenvalue weighted by atomic mass is 10.1. The molecule has 0 rings (SSSR count). The number of rotatable bonds is 12. The van der Waals surface area contributed by atoms with Crippen molar-refractivity contribution in [2.45, 2.75) is 52.0 Å². The van der Waals surface area contributed by atoms with E-state index in [1.165, 1.54) is 6.42 Å². The van der Waals surface area contributed by atoms with Crippen molar-refractivity contribution in [3.05, 3.63) is 0 Å². The fourth-order valence-corrected chi connectivity index (χ4v) is 2.89. The van der Waals surface area contributed by atoms with Gasteiger partial charge in [-0.25, -0.2) is 0 Å². The summed E-state index contributed by atoms with van der Waals surface area (Å²) >= 11 is 0. The standard InChI is InChI=1S/C13H29NO2S/c1-4-9-14-13(5-2)8-6-11-17(15)12-7-10-16-3/h13-14H,4-12H2,1-3H3. The summed E-state index contributed by atoms with van der Waals surface area (Å²) in [7, 11) is 1.04. The first-order valence-corrected chi connectivity index (χ1v) is 8.30. The summed E-state index contributed by atoms with van der Waals surface area (Å²) in [6.45, 7) is 6.21. The topological polar surface area (TPSA) is 38.3 Å². The molecule has 2 atom stereocenters. The van der Waals surface area contributed by atoms with Gasteiger partial charge in [0, 0.05) is 42.1 Å². The van der Waals surface area contributed by atoms with E-state index in [0.29, 0.717) is 6.04 Å². The van der Waals surface area contributed by atoms with Crippen LogP contribution in [0.1, 0.15) is 46.0 Å². The second-order valence-electron chi connectivity index (χ2n) is 4.40. The van der Waals surface area contributed by atoms with Crippen molar-refractivity contribution < 1.29 is 8.95 Å². The molecule has 17 heavy (non-hydrogen) atoms. The Morgan fingerprint density at radius 3 is 2.53 bits per heavy atom. The number of hydrogen-bond acceptors (Lipinski definition) is 3. The first kappa shape index (κ1) is 17.1. The Balaban J connectivity index is 3.48. The number of hydrogen-bond donors (Lipinski definition) is 1. The Labute approximate surface area is 109 Å². The van der Waals surface area contributed by atoms with Crippen LogP contribution in [0.25, 0.3) is 0 Å². The van der Waals surface area contributed by atoms with Gasteiger partial charge in [0.25, 0.3) is 0 Å². The first-order chi connectivity index (χ1) is 8.24. The summed E-state index contributed by atoms with van der Waals surface area (Å²) in [6, 6.07) is 0.603. The molecule has 0 aromatic rings. The molecular weight excluding hydrogens is 234 g/mol. The minimum atomic E-state index is -0.653. The highest BCUT2D eigenvalue weighted by molar-refractivity contribution is 7.84. The summed E-state index contributed by atoms with van der Waals surface area (Å²) < 4.78 is 16.6. The maximum atomic E-state index is 11.6. The maximum absolute atomic E-state index is 11.6. The van der Waals surface area contributed by atoms with E-state index in [4.69, 9.17) is 4.74 Å². The van der Waals surface area contributed by atoms with Gasteiger partial charge in [-0.05, 0) is 38.6 Å². The van der Waals surface area contributed by atoms with Gasteiger partial charge < -0.3 is 10.1 Å². The molecule has 2 unspecified atom stereocenters. The second kappa shape index (κ2) is 12.5. The molecule has 0 aliphatic carbocycles. The summed E-state index contributed by atoms with van der Waals surface area (Å²) in [5.41, 5.74) is 0. The van der Waals surface area contributed by atoms with Gasteiger partial charge in [0.2, 0.25) is 0 Å². The predicted molar refractivity (Wildman–Crippen MR) is 76.0 cm³/mol. The van der Waals surface area contributed by atoms with Crippen LogP contribution in [-0.4, -0.2) is 42.0 Å². The van der Waals surface area contributed by atoms with Gasteiger partial charge in [0.1, 0.15) is 0 Å². The van der Waals surface area contributed by atoms with Crippen LogP contribution < -0.4 is 5.32 Å². The summed E-state index contributed by atoms with van der Waals surface area (Å²) in [6.07, 6.45) is 5.46. The van der Waals surface area contributed by atoms with Gasteiger partial charge in [-0.2, -0.15) is 0 Å². The molecule has 104 valence electrons. The van der Waals surface area contributed by atoms with Crippen molar-refractivity contribution in [3.63, 3.8) is 0 Å². The minimum Gasteiger partial charge on any atom is -0.385 e. The first-order valence-electron chi connectivity index (χ1n) is 6.81. The average Bonchev–Trinajstić information content (AvgIpc) is 2.34. The van der Waals surface area contributed by atoms with Crippen LogP contribution in [0.5, 0.6) is 0 Å². The van der Waals surface area contributed by atoms with Crippen LogP contribution in [0.3, 0.4) is 0 Å². The van der Waals surface area contributed by atoms with Crippen LogP contribution in [0.2, 0.25) is 0 Å². The average molecular weight is 263 g/mol. The normalized spacial score (nSPS) is 14.8. The third kappa shape index (κ3) is 10.9. The summed E-state index contributed by atoms with van der Waals surface area (Å²) in [5, 5.41) is 3.53. The molecule has 4 heteroatoms. The molecule has 3 nitrogen and oxygen atoms in total. The van der Waals surface area contributed by atoms with Gasteiger partial charge in [-0.1, -0.05) is 13.8 Å². The van der Waals surface area contributed by atoms with Gasteiger partial charge >= 0.3 is 0 Å². The monoisotopic (exact) mass is 263 g/mol. The zero-order chi connectivity index (χ0) is 12.9. The fraction of sp³-hybridized carbons (Fsp3) is 1.00. The van der Waals surface area contributed by atoms with Gasteiger partial charge in [-0.15, -0.1) is 0 Å². The second-order valence-corrected chi connectivity index (χ2v) is 6.09. The van der Waals surface area contributed by atoms with Crippen molar-refractivity contribution in [3.8, 4) is 0 Å². The molecule has 0 saturated carbocycles. The number of nitrogens with one attached hydrogen (secondary N) is 1. The van der Waals surface area contributed by atoms with E-state index in [1.807, 2.05) is 0 Å². The zero-order valence-electron chi connectivity index (χ0n) is 11.7. The number of ether oxygens (including phenoxy) is 1. The lowest BCUT2D eigenvalue weighted by Crippen LogP contribution is -2.29. The Bertz CT molecular complexity index is 188. The maximum Gasteiger partial charge on any atom is 0.0471 e. The Morgan fingerprint density at radius 1 is 1.24 bits per heavy atom. The van der Waals surface area contributed by atoms with Crippen LogP contribution >= 0.6 is 0 Å². The molecule has 0 saturated heterocycles. The fourth-order valence-electron chi connectivity index (χ4n) is 1.76. The third-order valence-corrected chi connectivity index (χ3v) is 4.31. The summed E-state index contributed by atoms with van der Waals surface area (Å²) in [5.74, 6) is 1.63. The molecule has 0 aromatic heterocycles. The molecule has 0 fully saturated rings. The molecule has 0 aliphatic heterocycles. The van der Waals surface area contributed by atoms with E-state index in [9.17, 15) is 4.21 Å². The Morgan fingerprint density at radius 2 is 1.94 bits per heavy atom. The number of methoxy groups -OCH3 is 1. The van der Waals surface area contributed by atoms with E-state index in [1.54, 1.807) is 7.11 Å². The van der Waals surface area contributed by atoms with Crippen LogP contribution in [0.15, 0.2) is 0 Å². The molecule has 0 aromatic carbocycles. The van der Waals surface area contributed by atoms with Crippen molar-refractivity contribution in [1.29, 1.82) is 0 Å². The molecule has 0 aliphatic rings. The minimum absolute atomic E-state index is 0.603. The Kier molecular flexibility index (Phi) is 12.6. The highest BCUT2D eigenvalue weighted by Gasteiger charge is 2.06. The van der Waals surface area contributed by atoms with Crippen molar-refractivity contribution in [1.82, 2.24) is 5.32 Å². The lowest BCUT2D eigenvalue weighted by Gasteiger charge is -2.16. The quantitative estimate of drug-likeness (QED) is 0.549. The smallest absolute Gasteiger partial charge is 0.0471 e. The van der Waals surface area contributed by atoms with Crippen molar-refractivity contribution in [2.75, 3.05) is 31.8 Å². The lowest BCUT2D eigenvalue weighted by molar-refractivity contribution is 0.200. The zero-order valence-corrected chi connectivity index (χ0v) is 12.5. The van der Waals surface area contributed by atoms with Crippen LogP contribution in [0, 0.1) is 0 Å². The molecule has 0 heterocycles. The molecule has 0 spiro atoms. The Hall–Kier alpha value is 0.0700. The SMILES string of the molecule is CCCNC(CC)CCCS(=O)CCCOC. The van der Waals surface area contributed by atoms with E-state index >= 15 is 0 Å². The predicted octanol–water partition coefficient (Wildman–Crippen LogP) is 2.33. The molecule has 1 N–H and O–H groups in total. The van der Waals surface area contributed by atoms with E-state index in [0.717, 1.165) is 50.3 Å². The summed E-state index contributed by atoms with van der Waals surface area (Å²) in [4.78, 5) is 0. The molecule has 0 amide bonds. The van der Waals surface area contributed by atoms with Crippen LogP contribution in [0.4, 0.5) is 0 Å².